The molecule has 0 radical (unpaired) electrons. The van der Waals surface area contributed by atoms with Gasteiger partial charge in [0.1, 0.15) is 11.9 Å². The smallest absolute Gasteiger partial charge is 0.255 e. The summed E-state index contributed by atoms with van der Waals surface area (Å²) in [6.45, 7) is 8.67. The van der Waals surface area contributed by atoms with Crippen molar-refractivity contribution in [2.45, 2.75) is 89.1 Å². The van der Waals surface area contributed by atoms with E-state index in [4.69, 9.17) is 4.98 Å². The highest BCUT2D eigenvalue weighted by molar-refractivity contribution is 6.05. The van der Waals surface area contributed by atoms with Crippen LogP contribution in [0.4, 0.5) is 11.8 Å². The number of amides is 3. The first-order chi connectivity index (χ1) is 23.1. The predicted octanol–water partition coefficient (Wildman–Crippen LogP) is 3.32. The summed E-state index contributed by atoms with van der Waals surface area (Å²) in [4.78, 5) is 57.1. The number of pyridine rings is 1. The van der Waals surface area contributed by atoms with E-state index >= 15 is 0 Å². The van der Waals surface area contributed by atoms with E-state index in [1.165, 1.54) is 0 Å². The molecule has 48 heavy (non-hydrogen) atoms. The minimum atomic E-state index is -0.983. The first-order valence-corrected chi connectivity index (χ1v) is 17.2. The molecule has 1 aromatic carbocycles. The van der Waals surface area contributed by atoms with Crippen molar-refractivity contribution in [2.24, 2.45) is 0 Å². The van der Waals surface area contributed by atoms with Crippen LogP contribution in [0.5, 0.6) is 0 Å². The first-order valence-electron chi connectivity index (χ1n) is 17.2. The molecular weight excluding hydrogens is 608 g/mol. The van der Waals surface area contributed by atoms with Crippen molar-refractivity contribution in [1.29, 1.82) is 0 Å². The van der Waals surface area contributed by atoms with E-state index in [1.807, 2.05) is 30.7 Å². The Bertz CT molecular complexity index is 1660. The Kier molecular flexibility index (Phi) is 8.86. The lowest BCUT2D eigenvalue weighted by atomic mass is 9.83. The Labute approximate surface area is 281 Å². The molecule has 1 atom stereocenters. The fraction of sp³-hybridized carbons (Fsp3) is 0.500. The molecule has 3 aromatic rings. The standard InChI is InChI=1S/C36H44N8O4/c1-23(2)26-19-38-35(39-20-26)40-28-9-13-43(14-10-28)31-7-3-24(18-37-31)21-42-15-11-36(48,12-16-42)27-4-5-29-25(17-27)22-44(34(29)47)30-6-8-32(45)41-33(30)46/h3-5,7,17-20,23,28,30,48H,6,8-16,21-22H2,1-2H3,(H,38,39,40)(H,41,45,46). The summed E-state index contributed by atoms with van der Waals surface area (Å²) in [6.07, 6.45) is 9.49. The van der Waals surface area contributed by atoms with Gasteiger partial charge in [-0.15, -0.1) is 0 Å². The number of aromatic nitrogens is 3. The highest BCUT2D eigenvalue weighted by Crippen LogP contribution is 2.37. The Morgan fingerprint density at radius 2 is 1.71 bits per heavy atom. The zero-order valence-corrected chi connectivity index (χ0v) is 27.7. The topological polar surface area (TPSA) is 144 Å². The number of hydrogen-bond donors (Lipinski definition) is 3. The largest absolute Gasteiger partial charge is 0.385 e. The van der Waals surface area contributed by atoms with Crippen LogP contribution in [-0.4, -0.2) is 85.8 Å². The van der Waals surface area contributed by atoms with Crippen molar-refractivity contribution in [3.05, 3.63) is 76.7 Å². The number of nitrogens with zero attached hydrogens (tertiary/aromatic N) is 6. The zero-order valence-electron chi connectivity index (χ0n) is 27.7. The van der Waals surface area contributed by atoms with Gasteiger partial charge in [0.2, 0.25) is 17.8 Å². The second-order valence-electron chi connectivity index (χ2n) is 14.0. The number of carbonyl (C=O) groups excluding carboxylic acids is 3. The van der Waals surface area contributed by atoms with Crippen LogP contribution in [0.1, 0.15) is 90.9 Å². The average molecular weight is 653 g/mol. The molecule has 3 fully saturated rings. The number of nitrogens with one attached hydrogen (secondary N) is 2. The van der Waals surface area contributed by atoms with Gasteiger partial charge >= 0.3 is 0 Å². The van der Waals surface area contributed by atoms with Gasteiger partial charge in [-0.2, -0.15) is 0 Å². The molecule has 0 saturated carbocycles. The summed E-state index contributed by atoms with van der Waals surface area (Å²) in [5, 5.41) is 17.5. The van der Waals surface area contributed by atoms with Crippen molar-refractivity contribution in [3.8, 4) is 0 Å². The van der Waals surface area contributed by atoms with Crippen molar-refractivity contribution >= 4 is 29.5 Å². The summed E-state index contributed by atoms with van der Waals surface area (Å²) >= 11 is 0. The van der Waals surface area contributed by atoms with Gasteiger partial charge in [0, 0.05) is 75.9 Å². The molecule has 3 amide bonds. The van der Waals surface area contributed by atoms with Gasteiger partial charge in [-0.25, -0.2) is 15.0 Å². The number of carbonyl (C=O) groups is 3. The monoisotopic (exact) mass is 652 g/mol. The third-order valence-electron chi connectivity index (χ3n) is 10.5. The number of likely N-dealkylation sites (tertiary alicyclic amines) is 1. The Morgan fingerprint density at radius 3 is 2.38 bits per heavy atom. The van der Waals surface area contributed by atoms with Crippen LogP contribution in [0.2, 0.25) is 0 Å². The number of hydrogen-bond acceptors (Lipinski definition) is 10. The Hall–Kier alpha value is -4.42. The zero-order chi connectivity index (χ0) is 33.4. The maximum atomic E-state index is 13.1. The first kappa shape index (κ1) is 32.1. The van der Waals surface area contributed by atoms with Gasteiger partial charge in [0.05, 0.1) is 5.60 Å². The van der Waals surface area contributed by atoms with Gasteiger partial charge in [0.15, 0.2) is 0 Å². The van der Waals surface area contributed by atoms with E-state index < -0.39 is 17.6 Å². The van der Waals surface area contributed by atoms with Crippen molar-refractivity contribution in [3.63, 3.8) is 0 Å². The minimum absolute atomic E-state index is 0.202. The van der Waals surface area contributed by atoms with Gasteiger partial charge in [-0.05, 0) is 72.4 Å². The summed E-state index contributed by atoms with van der Waals surface area (Å²) in [5.74, 6) is 1.18. The number of rotatable bonds is 8. The molecule has 4 aliphatic heterocycles. The molecule has 252 valence electrons. The summed E-state index contributed by atoms with van der Waals surface area (Å²) in [5.41, 5.74) is 3.49. The van der Waals surface area contributed by atoms with Crippen LogP contribution < -0.4 is 15.5 Å². The maximum absolute atomic E-state index is 13.1. The average Bonchev–Trinajstić information content (AvgIpc) is 3.42. The molecule has 0 bridgehead atoms. The van der Waals surface area contributed by atoms with Crippen LogP contribution in [0.15, 0.2) is 48.9 Å². The quantitative estimate of drug-likeness (QED) is 0.310. The fourth-order valence-electron chi connectivity index (χ4n) is 7.34. The second kappa shape index (κ2) is 13.2. The molecule has 6 heterocycles. The molecule has 1 unspecified atom stereocenters. The lowest BCUT2D eigenvalue weighted by molar-refractivity contribution is -0.136. The molecular formula is C36H44N8O4. The lowest BCUT2D eigenvalue weighted by Gasteiger charge is -2.38. The minimum Gasteiger partial charge on any atom is -0.385 e. The molecule has 0 spiro atoms. The maximum Gasteiger partial charge on any atom is 0.255 e. The van der Waals surface area contributed by atoms with Crippen LogP contribution in [0.25, 0.3) is 0 Å². The van der Waals surface area contributed by atoms with Crippen LogP contribution >= 0.6 is 0 Å². The molecule has 2 aromatic heterocycles. The van der Waals surface area contributed by atoms with Gasteiger partial charge in [-0.1, -0.05) is 32.0 Å². The Balaban J connectivity index is 0.890. The number of fused-ring (bicyclic) bond motifs is 1. The van der Waals surface area contributed by atoms with E-state index in [9.17, 15) is 19.5 Å². The van der Waals surface area contributed by atoms with E-state index in [2.05, 4.69) is 56.4 Å². The lowest BCUT2D eigenvalue weighted by Crippen LogP contribution is -2.52. The number of aliphatic hydroxyl groups is 1. The number of piperidine rings is 3. The van der Waals surface area contributed by atoms with Crippen molar-refractivity contribution < 1.29 is 19.5 Å². The van der Waals surface area contributed by atoms with Gasteiger partial charge < -0.3 is 20.2 Å². The number of imide groups is 1. The van der Waals surface area contributed by atoms with E-state index in [0.29, 0.717) is 49.3 Å². The van der Waals surface area contributed by atoms with Gasteiger partial charge in [-0.3, -0.25) is 24.6 Å². The van der Waals surface area contributed by atoms with E-state index in [0.717, 1.165) is 73.6 Å². The molecule has 0 aliphatic carbocycles. The molecule has 4 aliphatic rings. The SMILES string of the molecule is CC(C)c1cnc(NC2CCN(c3ccc(CN4CCC(O)(c5ccc6c(c5)CN(C5CCC(=O)NC5=O)C6=O)CC4)cn3)CC2)nc1. The molecule has 12 nitrogen and oxygen atoms in total. The third-order valence-corrected chi connectivity index (χ3v) is 10.5. The highest BCUT2D eigenvalue weighted by atomic mass is 16.3. The molecule has 7 rings (SSSR count). The normalized spacial score (nSPS) is 21.8. The van der Waals surface area contributed by atoms with Crippen LogP contribution in [-0.2, 0) is 28.3 Å². The molecule has 12 heteroatoms. The number of benzene rings is 1. The van der Waals surface area contributed by atoms with Crippen LogP contribution in [0.3, 0.4) is 0 Å². The Morgan fingerprint density at radius 1 is 0.958 bits per heavy atom. The summed E-state index contributed by atoms with van der Waals surface area (Å²) in [6, 6.07) is 9.51. The number of anilines is 2. The van der Waals surface area contributed by atoms with Crippen LogP contribution in [0, 0.1) is 0 Å². The van der Waals surface area contributed by atoms with Crippen molar-refractivity contribution in [2.75, 3.05) is 36.4 Å². The predicted molar refractivity (Wildman–Crippen MR) is 180 cm³/mol. The van der Waals surface area contributed by atoms with Gasteiger partial charge in [0.25, 0.3) is 5.91 Å². The summed E-state index contributed by atoms with van der Waals surface area (Å²) in [7, 11) is 0. The molecule has 3 saturated heterocycles. The third kappa shape index (κ3) is 6.64. The fourth-order valence-corrected chi connectivity index (χ4v) is 7.34. The molecule has 3 N–H and O–H groups in total. The van der Waals surface area contributed by atoms with E-state index in [-0.39, 0.29) is 18.2 Å². The highest BCUT2D eigenvalue weighted by Gasteiger charge is 2.41. The van der Waals surface area contributed by atoms with E-state index in [1.54, 1.807) is 11.0 Å². The summed E-state index contributed by atoms with van der Waals surface area (Å²) < 4.78 is 0. The van der Waals surface area contributed by atoms with Crippen molar-refractivity contribution in [1.82, 2.24) is 30.1 Å². The second-order valence-corrected chi connectivity index (χ2v) is 14.0.